The average molecular weight is 445 g/mol. The van der Waals surface area contributed by atoms with Crippen LogP contribution >= 0.6 is 15.9 Å². The molecule has 2 aromatic carbocycles. The molecule has 142 valence electrons. The van der Waals surface area contributed by atoms with Crippen molar-refractivity contribution in [2.24, 2.45) is 0 Å². The van der Waals surface area contributed by atoms with Crippen molar-refractivity contribution in [1.29, 1.82) is 0 Å². The highest BCUT2D eigenvalue weighted by Gasteiger charge is 2.18. The average Bonchev–Trinajstić information content (AvgIpc) is 3.34. The van der Waals surface area contributed by atoms with Gasteiger partial charge in [-0.25, -0.2) is 9.36 Å². The summed E-state index contributed by atoms with van der Waals surface area (Å²) in [5.74, 6) is 0. The monoisotopic (exact) mass is 444 g/mol. The second-order valence-corrected chi connectivity index (χ2v) is 7.76. The molecule has 0 atom stereocenters. The first-order valence-corrected chi connectivity index (χ1v) is 10.00. The molecule has 0 bridgehead atoms. The minimum Gasteiger partial charge on any atom is -0.240 e. The Morgan fingerprint density at radius 3 is 2.48 bits per heavy atom. The van der Waals surface area contributed by atoms with Gasteiger partial charge in [0.05, 0.1) is 34.3 Å². The maximum Gasteiger partial charge on any atom is 0.118 e. The Balaban J connectivity index is 1.69. The number of para-hydroxylation sites is 1. The molecular formula is C22H17BrN6. The summed E-state index contributed by atoms with van der Waals surface area (Å²) in [6, 6.07) is 18.1. The van der Waals surface area contributed by atoms with E-state index in [0.29, 0.717) is 0 Å². The van der Waals surface area contributed by atoms with E-state index in [1.54, 1.807) is 0 Å². The van der Waals surface area contributed by atoms with Gasteiger partial charge in [0.15, 0.2) is 0 Å². The Kier molecular flexibility index (Phi) is 4.24. The number of rotatable bonds is 3. The van der Waals surface area contributed by atoms with Crippen LogP contribution in [-0.4, -0.2) is 29.8 Å². The van der Waals surface area contributed by atoms with Crippen molar-refractivity contribution in [2.75, 3.05) is 0 Å². The van der Waals surface area contributed by atoms with Crippen LogP contribution in [0.25, 0.3) is 33.5 Å². The molecule has 5 aromatic rings. The van der Waals surface area contributed by atoms with Crippen molar-refractivity contribution < 1.29 is 0 Å². The van der Waals surface area contributed by atoms with Crippen molar-refractivity contribution in [3.8, 4) is 22.6 Å². The fourth-order valence-electron chi connectivity index (χ4n) is 3.46. The number of benzene rings is 2. The van der Waals surface area contributed by atoms with Crippen LogP contribution in [0.5, 0.6) is 0 Å². The van der Waals surface area contributed by atoms with E-state index in [-0.39, 0.29) is 0 Å². The highest BCUT2D eigenvalue weighted by Crippen LogP contribution is 2.31. The zero-order valence-corrected chi connectivity index (χ0v) is 17.5. The van der Waals surface area contributed by atoms with Gasteiger partial charge in [-0.15, -0.1) is 5.10 Å². The summed E-state index contributed by atoms with van der Waals surface area (Å²) in [7, 11) is 0. The molecule has 0 N–H and O–H groups in total. The van der Waals surface area contributed by atoms with Crippen LogP contribution in [0.2, 0.25) is 0 Å². The molecule has 0 aliphatic heterocycles. The predicted octanol–water partition coefficient (Wildman–Crippen LogP) is 5.05. The van der Waals surface area contributed by atoms with Gasteiger partial charge in [-0.1, -0.05) is 40.2 Å². The lowest BCUT2D eigenvalue weighted by molar-refractivity contribution is 0.847. The van der Waals surface area contributed by atoms with Crippen LogP contribution in [0.1, 0.15) is 11.4 Å². The van der Waals surface area contributed by atoms with E-state index in [0.717, 1.165) is 49.4 Å². The first-order chi connectivity index (χ1) is 14.1. The van der Waals surface area contributed by atoms with E-state index in [9.17, 15) is 0 Å². The molecule has 5 rings (SSSR count). The lowest BCUT2D eigenvalue weighted by Gasteiger charge is -2.05. The van der Waals surface area contributed by atoms with Crippen LogP contribution in [0.3, 0.4) is 0 Å². The Morgan fingerprint density at radius 2 is 1.69 bits per heavy atom. The van der Waals surface area contributed by atoms with Crippen LogP contribution < -0.4 is 0 Å². The van der Waals surface area contributed by atoms with E-state index in [1.807, 2.05) is 90.2 Å². The fraction of sp³-hybridized carbons (Fsp3) is 0.0909. The summed E-state index contributed by atoms with van der Waals surface area (Å²) in [6.45, 7) is 3.97. The van der Waals surface area contributed by atoms with Gasteiger partial charge in [0, 0.05) is 16.2 Å². The Morgan fingerprint density at radius 1 is 0.897 bits per heavy atom. The largest absolute Gasteiger partial charge is 0.240 e. The topological polar surface area (TPSA) is 61.4 Å². The summed E-state index contributed by atoms with van der Waals surface area (Å²) in [5, 5.41) is 19.2. The van der Waals surface area contributed by atoms with Gasteiger partial charge in [-0.2, -0.15) is 15.3 Å². The van der Waals surface area contributed by atoms with Gasteiger partial charge < -0.3 is 0 Å². The number of hydrogen-bond donors (Lipinski definition) is 0. The highest BCUT2D eigenvalue weighted by atomic mass is 79.9. The van der Waals surface area contributed by atoms with Crippen LogP contribution in [-0.2, 0) is 0 Å². The molecule has 0 aliphatic rings. The van der Waals surface area contributed by atoms with Gasteiger partial charge in [-0.05, 0) is 44.2 Å². The number of hydrogen-bond acceptors (Lipinski definition) is 4. The summed E-state index contributed by atoms with van der Waals surface area (Å²) in [6.07, 6.45) is 3.85. The third-order valence-corrected chi connectivity index (χ3v) is 5.44. The standard InChI is InChI=1S/C22H17BrN6/c1-14-21-20(13-28(27-21)18-10-6-7-16(23)11-18)22(26-25-14)19-12-24-29(15(19)2)17-8-4-3-5-9-17/h3-13H,1-2H3. The molecule has 0 amide bonds. The van der Waals surface area contributed by atoms with E-state index >= 15 is 0 Å². The quantitative estimate of drug-likeness (QED) is 0.390. The lowest BCUT2D eigenvalue weighted by Crippen LogP contribution is -1.99. The number of nitrogens with zero attached hydrogens (tertiary/aromatic N) is 6. The molecule has 0 aliphatic carbocycles. The van der Waals surface area contributed by atoms with E-state index in [4.69, 9.17) is 5.10 Å². The van der Waals surface area contributed by atoms with Crippen molar-refractivity contribution in [2.45, 2.75) is 13.8 Å². The van der Waals surface area contributed by atoms with Gasteiger partial charge in [0.25, 0.3) is 0 Å². The summed E-state index contributed by atoms with van der Waals surface area (Å²) >= 11 is 3.53. The molecule has 7 heteroatoms. The lowest BCUT2D eigenvalue weighted by atomic mass is 10.1. The third-order valence-electron chi connectivity index (χ3n) is 4.95. The minimum atomic E-state index is 0.784. The van der Waals surface area contributed by atoms with Gasteiger partial charge in [-0.3, -0.25) is 0 Å². The van der Waals surface area contributed by atoms with Gasteiger partial charge in [0.1, 0.15) is 11.2 Å². The SMILES string of the molecule is Cc1nnc(-c2cnn(-c3ccccc3)c2C)c2cn(-c3cccc(Br)c3)nc12. The second kappa shape index (κ2) is 6.93. The smallest absolute Gasteiger partial charge is 0.118 e. The first-order valence-electron chi connectivity index (χ1n) is 9.21. The molecule has 0 radical (unpaired) electrons. The van der Waals surface area contributed by atoms with Crippen molar-refractivity contribution >= 4 is 26.8 Å². The van der Waals surface area contributed by atoms with Crippen molar-refractivity contribution in [1.82, 2.24) is 29.8 Å². The number of halogens is 1. The first kappa shape index (κ1) is 17.8. The molecule has 29 heavy (non-hydrogen) atoms. The molecular weight excluding hydrogens is 428 g/mol. The van der Waals surface area contributed by atoms with E-state index in [2.05, 4.69) is 31.2 Å². The summed E-state index contributed by atoms with van der Waals surface area (Å²) < 4.78 is 4.79. The Hall–Kier alpha value is -3.32. The predicted molar refractivity (Wildman–Crippen MR) is 116 cm³/mol. The summed E-state index contributed by atoms with van der Waals surface area (Å²) in [4.78, 5) is 0. The molecule has 0 unspecified atom stereocenters. The molecule has 0 spiro atoms. The number of aryl methyl sites for hydroxylation is 1. The highest BCUT2D eigenvalue weighted by molar-refractivity contribution is 9.10. The molecule has 0 saturated heterocycles. The zero-order chi connectivity index (χ0) is 20.0. The Labute approximate surface area is 176 Å². The normalized spacial score (nSPS) is 11.3. The van der Waals surface area contributed by atoms with Crippen molar-refractivity contribution in [3.63, 3.8) is 0 Å². The third kappa shape index (κ3) is 3.03. The van der Waals surface area contributed by atoms with Crippen LogP contribution in [0.4, 0.5) is 0 Å². The zero-order valence-electron chi connectivity index (χ0n) is 15.9. The van der Waals surface area contributed by atoms with Gasteiger partial charge >= 0.3 is 0 Å². The minimum absolute atomic E-state index is 0.784. The molecule has 0 saturated carbocycles. The van der Waals surface area contributed by atoms with E-state index < -0.39 is 0 Å². The van der Waals surface area contributed by atoms with E-state index in [1.165, 1.54) is 0 Å². The van der Waals surface area contributed by atoms with Crippen LogP contribution in [0.15, 0.2) is 71.5 Å². The summed E-state index contributed by atoms with van der Waals surface area (Å²) in [5.41, 5.74) is 6.35. The second-order valence-electron chi connectivity index (χ2n) is 6.84. The molecule has 3 heterocycles. The fourth-order valence-corrected chi connectivity index (χ4v) is 3.85. The maximum absolute atomic E-state index is 4.77. The molecule has 6 nitrogen and oxygen atoms in total. The van der Waals surface area contributed by atoms with Gasteiger partial charge in [0.2, 0.25) is 0 Å². The van der Waals surface area contributed by atoms with Crippen LogP contribution in [0, 0.1) is 13.8 Å². The Bertz CT molecular complexity index is 1340. The molecule has 0 fully saturated rings. The number of aromatic nitrogens is 6. The van der Waals surface area contributed by atoms with Crippen molar-refractivity contribution in [3.05, 3.63) is 82.9 Å². The molecule has 3 aromatic heterocycles. The maximum atomic E-state index is 4.77. The number of fused-ring (bicyclic) bond motifs is 1.